The van der Waals surface area contributed by atoms with Gasteiger partial charge in [-0.2, -0.15) is 0 Å². The van der Waals surface area contributed by atoms with Gasteiger partial charge in [0.15, 0.2) is 5.82 Å². The van der Waals surface area contributed by atoms with Crippen LogP contribution in [0.2, 0.25) is 0 Å². The molecule has 9 heteroatoms. The molecule has 1 saturated heterocycles. The number of fused-ring (bicyclic) bond motifs is 1. The van der Waals surface area contributed by atoms with Crippen LogP contribution in [0.25, 0.3) is 28.0 Å². The monoisotopic (exact) mass is 499 g/mol. The maximum Gasteiger partial charge on any atom is 0.289 e. The van der Waals surface area contributed by atoms with Gasteiger partial charge in [-0.05, 0) is 68.6 Å². The van der Waals surface area contributed by atoms with Gasteiger partial charge in [-0.15, -0.1) is 10.2 Å². The molecule has 0 bridgehead atoms. The normalized spacial score (nSPS) is 16.8. The second-order valence-corrected chi connectivity index (χ2v) is 10.1. The van der Waals surface area contributed by atoms with E-state index >= 15 is 0 Å². The number of rotatable bonds is 6. The molecule has 192 valence electrons. The van der Waals surface area contributed by atoms with Gasteiger partial charge in [-0.1, -0.05) is 6.42 Å². The lowest BCUT2D eigenvalue weighted by atomic mass is 9.80. The van der Waals surface area contributed by atoms with Crippen LogP contribution in [-0.4, -0.2) is 75.4 Å². The molecule has 1 aliphatic heterocycles. The van der Waals surface area contributed by atoms with Crippen molar-refractivity contribution in [3.05, 3.63) is 54.0 Å². The summed E-state index contributed by atoms with van der Waals surface area (Å²) in [6.45, 7) is 6.37. The lowest BCUT2D eigenvalue weighted by Gasteiger charge is -2.34. The molecule has 2 fully saturated rings. The lowest BCUT2D eigenvalue weighted by Crippen LogP contribution is -2.44. The summed E-state index contributed by atoms with van der Waals surface area (Å²) < 4.78 is 1.75. The summed E-state index contributed by atoms with van der Waals surface area (Å²) in [5.74, 6) is 0.962. The molecule has 4 aromatic rings. The SMILES string of the molecule is CCNC(=O)c1nnc(-c2cc3c(C4CCC4)c[nH]c3cc2O)n1-c1ccc(N2CCN(C)CC2)cc1. The van der Waals surface area contributed by atoms with E-state index in [0.29, 0.717) is 23.9 Å². The average Bonchev–Trinajstić information content (AvgIpc) is 3.48. The van der Waals surface area contributed by atoms with Crippen molar-refractivity contribution in [3.8, 4) is 22.8 Å². The maximum absolute atomic E-state index is 13.0. The first-order chi connectivity index (χ1) is 18.0. The van der Waals surface area contributed by atoms with Crippen LogP contribution in [0.1, 0.15) is 48.3 Å². The molecular weight excluding hydrogens is 466 g/mol. The third-order valence-corrected chi connectivity index (χ3v) is 7.80. The molecule has 2 aliphatic rings. The van der Waals surface area contributed by atoms with Crippen molar-refractivity contribution in [2.75, 3.05) is 44.7 Å². The Balaban J connectivity index is 1.43. The Morgan fingerprint density at radius 2 is 1.81 bits per heavy atom. The first kappa shape index (κ1) is 23.5. The van der Waals surface area contributed by atoms with E-state index in [-0.39, 0.29) is 17.5 Å². The van der Waals surface area contributed by atoms with Gasteiger partial charge in [-0.3, -0.25) is 9.36 Å². The van der Waals surface area contributed by atoms with E-state index in [1.54, 1.807) is 10.6 Å². The van der Waals surface area contributed by atoms with E-state index in [9.17, 15) is 9.90 Å². The molecular formula is C28H33N7O2. The minimum Gasteiger partial charge on any atom is -0.507 e. The Kier molecular flexibility index (Phi) is 6.08. The average molecular weight is 500 g/mol. The number of piperazine rings is 1. The molecule has 1 saturated carbocycles. The lowest BCUT2D eigenvalue weighted by molar-refractivity contribution is 0.0943. The van der Waals surface area contributed by atoms with Crippen molar-refractivity contribution in [2.24, 2.45) is 0 Å². The largest absolute Gasteiger partial charge is 0.507 e. The van der Waals surface area contributed by atoms with Crippen LogP contribution in [0, 0.1) is 0 Å². The van der Waals surface area contributed by atoms with Gasteiger partial charge in [0.05, 0.1) is 5.56 Å². The van der Waals surface area contributed by atoms with Crippen molar-refractivity contribution in [2.45, 2.75) is 32.1 Å². The number of aromatic amines is 1. The van der Waals surface area contributed by atoms with Gasteiger partial charge in [0.1, 0.15) is 5.75 Å². The highest BCUT2D eigenvalue weighted by molar-refractivity contribution is 5.94. The van der Waals surface area contributed by atoms with Gasteiger partial charge in [0.25, 0.3) is 5.91 Å². The van der Waals surface area contributed by atoms with E-state index in [1.807, 2.05) is 25.1 Å². The van der Waals surface area contributed by atoms with Crippen LogP contribution >= 0.6 is 0 Å². The van der Waals surface area contributed by atoms with Crippen LogP contribution < -0.4 is 10.2 Å². The highest BCUT2D eigenvalue weighted by atomic mass is 16.3. The summed E-state index contributed by atoms with van der Waals surface area (Å²) in [7, 11) is 2.15. The molecule has 2 aromatic heterocycles. The Morgan fingerprint density at radius 1 is 1.08 bits per heavy atom. The van der Waals surface area contributed by atoms with Crippen LogP contribution in [0.3, 0.4) is 0 Å². The highest BCUT2D eigenvalue weighted by Crippen LogP contribution is 2.42. The molecule has 3 N–H and O–H groups in total. The Morgan fingerprint density at radius 3 is 2.49 bits per heavy atom. The fourth-order valence-corrected chi connectivity index (χ4v) is 5.38. The number of likely N-dealkylation sites (N-methyl/N-ethyl adjacent to an activating group) is 1. The number of hydrogen-bond acceptors (Lipinski definition) is 6. The molecule has 9 nitrogen and oxygen atoms in total. The van der Waals surface area contributed by atoms with Gasteiger partial charge >= 0.3 is 0 Å². The molecule has 0 radical (unpaired) electrons. The van der Waals surface area contributed by atoms with Crippen molar-refractivity contribution >= 4 is 22.5 Å². The third kappa shape index (κ3) is 4.23. The number of H-pyrrole nitrogens is 1. The van der Waals surface area contributed by atoms with E-state index in [0.717, 1.165) is 48.5 Å². The van der Waals surface area contributed by atoms with Crippen molar-refractivity contribution < 1.29 is 9.90 Å². The number of phenolic OH excluding ortho intramolecular Hbond substituents is 1. The zero-order valence-electron chi connectivity index (χ0n) is 21.4. The molecule has 1 amide bonds. The first-order valence-electron chi connectivity index (χ1n) is 13.2. The number of benzene rings is 2. The fraction of sp³-hybridized carbons (Fsp3) is 0.393. The molecule has 0 unspecified atom stereocenters. The number of phenols is 1. The topological polar surface area (TPSA) is 102 Å². The number of anilines is 1. The summed E-state index contributed by atoms with van der Waals surface area (Å²) in [6, 6.07) is 11.9. The molecule has 0 atom stereocenters. The van der Waals surface area contributed by atoms with Crippen molar-refractivity contribution in [3.63, 3.8) is 0 Å². The minimum atomic E-state index is -0.304. The summed E-state index contributed by atoms with van der Waals surface area (Å²) in [4.78, 5) is 21.0. The summed E-state index contributed by atoms with van der Waals surface area (Å²) in [5.41, 5.74) is 4.64. The predicted molar refractivity (Wildman–Crippen MR) is 145 cm³/mol. The number of aromatic hydroxyl groups is 1. The van der Waals surface area contributed by atoms with E-state index < -0.39 is 0 Å². The smallest absolute Gasteiger partial charge is 0.289 e. The molecule has 2 aromatic carbocycles. The van der Waals surface area contributed by atoms with E-state index in [4.69, 9.17) is 0 Å². The highest BCUT2D eigenvalue weighted by Gasteiger charge is 2.26. The molecule has 0 spiro atoms. The number of carbonyl (C=O) groups is 1. The van der Waals surface area contributed by atoms with Gasteiger partial charge in [0.2, 0.25) is 5.82 Å². The summed E-state index contributed by atoms with van der Waals surface area (Å²) in [5, 5.41) is 23.6. The van der Waals surface area contributed by atoms with Crippen molar-refractivity contribution in [1.82, 2.24) is 30.0 Å². The van der Waals surface area contributed by atoms with E-state index in [1.165, 1.54) is 24.8 Å². The number of carbonyl (C=O) groups excluding carboxylic acids is 1. The van der Waals surface area contributed by atoms with Crippen LogP contribution in [0.15, 0.2) is 42.6 Å². The Bertz CT molecular complexity index is 1430. The first-order valence-corrected chi connectivity index (χ1v) is 13.2. The summed E-state index contributed by atoms with van der Waals surface area (Å²) >= 11 is 0. The standard InChI is InChI=1S/C28H33N7O2/c1-3-29-28(37)27-32-31-26(22-15-21-23(18-5-4-6-18)17-30-24(21)16-25(22)36)35(27)20-9-7-19(8-10-20)34-13-11-33(2)12-14-34/h7-10,15-18,30,36H,3-6,11-14H2,1-2H3,(H,29,37). The van der Waals surface area contributed by atoms with Gasteiger partial charge in [-0.25, -0.2) is 0 Å². The Labute approximate surface area is 216 Å². The number of hydrogen-bond donors (Lipinski definition) is 3. The maximum atomic E-state index is 13.0. The molecule has 37 heavy (non-hydrogen) atoms. The second kappa shape index (κ2) is 9.55. The van der Waals surface area contributed by atoms with Crippen molar-refractivity contribution in [1.29, 1.82) is 0 Å². The van der Waals surface area contributed by atoms with Crippen LogP contribution in [0.4, 0.5) is 5.69 Å². The van der Waals surface area contributed by atoms with Crippen LogP contribution in [0.5, 0.6) is 5.75 Å². The number of aromatic nitrogens is 4. The van der Waals surface area contributed by atoms with Gasteiger partial charge in [0, 0.05) is 67.3 Å². The number of amides is 1. The number of nitrogens with one attached hydrogen (secondary N) is 2. The van der Waals surface area contributed by atoms with Gasteiger partial charge < -0.3 is 25.2 Å². The Hall–Kier alpha value is -3.85. The zero-order chi connectivity index (χ0) is 25.5. The third-order valence-electron chi connectivity index (χ3n) is 7.80. The molecule has 3 heterocycles. The number of nitrogens with zero attached hydrogens (tertiary/aromatic N) is 5. The zero-order valence-corrected chi connectivity index (χ0v) is 21.4. The van der Waals surface area contributed by atoms with E-state index in [2.05, 4.69) is 55.7 Å². The quantitative estimate of drug-likeness (QED) is 0.372. The molecule has 1 aliphatic carbocycles. The second-order valence-electron chi connectivity index (χ2n) is 10.1. The molecule has 6 rings (SSSR count). The fourth-order valence-electron chi connectivity index (χ4n) is 5.38. The minimum absolute atomic E-state index is 0.0969. The summed E-state index contributed by atoms with van der Waals surface area (Å²) in [6.07, 6.45) is 5.66. The predicted octanol–water partition coefficient (Wildman–Crippen LogP) is 3.89. The van der Waals surface area contributed by atoms with Crippen LogP contribution in [-0.2, 0) is 0 Å².